The Morgan fingerprint density at radius 3 is 1.98 bits per heavy atom. The lowest BCUT2D eigenvalue weighted by Gasteiger charge is -2.43. The van der Waals surface area contributed by atoms with Crippen molar-refractivity contribution in [3.63, 3.8) is 0 Å². The lowest BCUT2D eigenvalue weighted by atomic mass is 9.80. The fraction of sp³-hybridized carbons (Fsp3) is 0.791. The van der Waals surface area contributed by atoms with E-state index in [1.165, 1.54) is 30.7 Å². The Bertz CT molecular complexity index is 1010. The number of nitrogens with zero attached hydrogens (tertiary/aromatic N) is 3. The fourth-order valence-corrected chi connectivity index (χ4v) is 8.31. The molecule has 1 heterocycles. The van der Waals surface area contributed by atoms with Crippen molar-refractivity contribution in [1.82, 2.24) is 25.8 Å². The Labute approximate surface area is 306 Å². The summed E-state index contributed by atoms with van der Waals surface area (Å²) in [6.45, 7) is 47.0. The highest BCUT2D eigenvalue weighted by Crippen LogP contribution is 2.38. The fourth-order valence-electron chi connectivity index (χ4n) is 8.31. The topological polar surface area (TPSA) is 54.9 Å². The van der Waals surface area contributed by atoms with E-state index >= 15 is 0 Å². The number of aliphatic imine (C=N–C) groups is 1. The van der Waals surface area contributed by atoms with Gasteiger partial charge in [0.15, 0.2) is 0 Å². The minimum absolute atomic E-state index is 0.0949. The SMILES string of the molecule is C=C(C)C(=NC)C(C)NC(=C)C(C)C(CC)C1CCCN1C(=C)CC(CC)C(C(C)CC)N(C)C(=C)CNC(C)C(NC)C(C)C.CCC. The van der Waals surface area contributed by atoms with E-state index in [0.29, 0.717) is 53.8 Å². The zero-order valence-corrected chi connectivity index (χ0v) is 35.3. The monoisotopic (exact) mass is 685 g/mol. The van der Waals surface area contributed by atoms with E-state index in [1.54, 1.807) is 0 Å². The van der Waals surface area contributed by atoms with Gasteiger partial charge in [-0.3, -0.25) is 4.99 Å². The number of likely N-dealkylation sites (tertiary alicyclic amines) is 1. The Kier molecular flexibility index (Phi) is 23.2. The molecule has 1 aliphatic rings. The van der Waals surface area contributed by atoms with Gasteiger partial charge < -0.3 is 25.8 Å². The normalized spacial score (nSPS) is 19.9. The average Bonchev–Trinajstić information content (AvgIpc) is 3.53. The first-order valence-electron chi connectivity index (χ1n) is 19.9. The molecule has 0 amide bonds. The maximum atomic E-state index is 4.78. The second-order valence-corrected chi connectivity index (χ2v) is 15.5. The number of nitrogens with one attached hydrogen (secondary N) is 3. The minimum Gasteiger partial charge on any atom is -0.380 e. The number of hydrogen-bond donors (Lipinski definition) is 3. The molecular weight excluding hydrogens is 601 g/mol. The molecule has 0 aromatic carbocycles. The van der Waals surface area contributed by atoms with Crippen LogP contribution in [-0.2, 0) is 0 Å². The van der Waals surface area contributed by atoms with Crippen molar-refractivity contribution in [2.75, 3.05) is 34.2 Å². The zero-order chi connectivity index (χ0) is 38.0. The van der Waals surface area contributed by atoms with Gasteiger partial charge >= 0.3 is 0 Å². The molecule has 0 radical (unpaired) electrons. The van der Waals surface area contributed by atoms with Gasteiger partial charge in [-0.15, -0.1) is 0 Å². The highest BCUT2D eigenvalue weighted by molar-refractivity contribution is 6.02. The van der Waals surface area contributed by atoms with Crippen LogP contribution in [0.25, 0.3) is 0 Å². The van der Waals surface area contributed by atoms with Crippen molar-refractivity contribution < 1.29 is 0 Å². The summed E-state index contributed by atoms with van der Waals surface area (Å²) >= 11 is 0. The van der Waals surface area contributed by atoms with Gasteiger partial charge in [0.05, 0.1) is 11.8 Å². The second-order valence-electron chi connectivity index (χ2n) is 15.5. The summed E-state index contributed by atoms with van der Waals surface area (Å²) in [6, 6.07) is 1.78. The number of allylic oxidation sites excluding steroid dienone is 2. The van der Waals surface area contributed by atoms with Gasteiger partial charge in [-0.25, -0.2) is 0 Å². The molecule has 0 saturated carbocycles. The molecule has 6 heteroatoms. The van der Waals surface area contributed by atoms with Crippen molar-refractivity contribution in [2.24, 2.45) is 34.6 Å². The van der Waals surface area contributed by atoms with E-state index in [4.69, 9.17) is 6.58 Å². The quantitative estimate of drug-likeness (QED) is 0.0936. The van der Waals surface area contributed by atoms with E-state index in [1.807, 2.05) is 14.0 Å². The third kappa shape index (κ3) is 14.2. The third-order valence-electron chi connectivity index (χ3n) is 11.2. The first-order chi connectivity index (χ1) is 23.0. The van der Waals surface area contributed by atoms with Gasteiger partial charge in [0.1, 0.15) is 0 Å². The number of rotatable bonds is 23. The van der Waals surface area contributed by atoms with Gasteiger partial charge in [0, 0.05) is 68.4 Å². The summed E-state index contributed by atoms with van der Waals surface area (Å²) in [5, 5.41) is 10.9. The molecule has 0 spiro atoms. The Morgan fingerprint density at radius 1 is 0.939 bits per heavy atom. The number of hydrogen-bond acceptors (Lipinski definition) is 6. The van der Waals surface area contributed by atoms with Gasteiger partial charge in [-0.2, -0.15) is 0 Å². The van der Waals surface area contributed by atoms with E-state index in [2.05, 4.69) is 141 Å². The molecule has 3 N–H and O–H groups in total. The standard InChI is InChI=1S/C40H76N6.C3H8/c1-18-28(8)40(45(17)30(10)25-43-33(13)38(41-15)26(4)5)35(19-2)24-29(9)46-23-21-22-37(46)36(20-3)31(11)32(12)44-34(14)39(42-16)27(6)7;1-3-2/h26,28,31,33-38,40-41,43-44H,6,9-10,12,18-25H2,1-5,7-8,11,13-17H3;3H2,1-2H3. The zero-order valence-electron chi connectivity index (χ0n) is 35.3. The van der Waals surface area contributed by atoms with Crippen LogP contribution in [-0.4, -0.2) is 80.0 Å². The number of likely N-dealkylation sites (N-methyl/N-ethyl adjacent to an activating group) is 2. The molecule has 1 aliphatic heterocycles. The van der Waals surface area contributed by atoms with Crippen LogP contribution in [0.2, 0.25) is 0 Å². The van der Waals surface area contributed by atoms with E-state index in [9.17, 15) is 0 Å². The highest BCUT2D eigenvalue weighted by Gasteiger charge is 2.37. The average molecular weight is 685 g/mol. The predicted octanol–water partition coefficient (Wildman–Crippen LogP) is 9.68. The van der Waals surface area contributed by atoms with Crippen LogP contribution in [0, 0.1) is 29.6 Å². The molecule has 1 rings (SSSR count). The second kappa shape index (κ2) is 24.2. The van der Waals surface area contributed by atoms with Crippen LogP contribution < -0.4 is 16.0 Å². The Morgan fingerprint density at radius 2 is 1.53 bits per heavy atom. The molecule has 9 unspecified atom stereocenters. The smallest absolute Gasteiger partial charge is 0.0651 e. The minimum atomic E-state index is 0.0949. The molecule has 0 aliphatic carbocycles. The molecule has 1 saturated heterocycles. The van der Waals surface area contributed by atoms with E-state index < -0.39 is 0 Å². The highest BCUT2D eigenvalue weighted by atomic mass is 15.2. The van der Waals surface area contributed by atoms with Crippen LogP contribution in [0.3, 0.4) is 0 Å². The largest absolute Gasteiger partial charge is 0.380 e. The van der Waals surface area contributed by atoms with Crippen molar-refractivity contribution in [3.05, 3.63) is 49.0 Å². The van der Waals surface area contributed by atoms with Gasteiger partial charge in [0.25, 0.3) is 0 Å². The molecule has 286 valence electrons. The van der Waals surface area contributed by atoms with Crippen molar-refractivity contribution >= 4 is 5.71 Å². The van der Waals surface area contributed by atoms with Crippen LogP contribution in [0.4, 0.5) is 0 Å². The summed E-state index contributed by atoms with van der Waals surface area (Å²) in [5.41, 5.74) is 5.59. The molecule has 0 aromatic heterocycles. The Hall–Kier alpha value is -2.05. The molecular formula is C43H84N6. The van der Waals surface area contributed by atoms with Crippen molar-refractivity contribution in [3.8, 4) is 0 Å². The van der Waals surface area contributed by atoms with E-state index in [0.717, 1.165) is 55.8 Å². The first-order valence-corrected chi connectivity index (χ1v) is 19.9. The molecule has 0 bridgehead atoms. The van der Waals surface area contributed by atoms with Crippen molar-refractivity contribution in [2.45, 2.75) is 158 Å². The van der Waals surface area contributed by atoms with Crippen LogP contribution in [0.5, 0.6) is 0 Å². The summed E-state index contributed by atoms with van der Waals surface area (Å²) in [4.78, 5) is 9.65. The maximum absolute atomic E-state index is 4.78. The summed E-state index contributed by atoms with van der Waals surface area (Å²) < 4.78 is 0. The van der Waals surface area contributed by atoms with Gasteiger partial charge in [0.2, 0.25) is 0 Å². The van der Waals surface area contributed by atoms with Crippen LogP contribution in [0.1, 0.15) is 128 Å². The molecule has 9 atom stereocenters. The predicted molar refractivity (Wildman–Crippen MR) is 221 cm³/mol. The first kappa shape index (κ1) is 47.0. The summed E-state index contributed by atoms with van der Waals surface area (Å²) in [6.07, 6.45) is 8.10. The van der Waals surface area contributed by atoms with Crippen LogP contribution >= 0.6 is 0 Å². The maximum Gasteiger partial charge on any atom is 0.0651 e. The van der Waals surface area contributed by atoms with Gasteiger partial charge in [-0.05, 0) is 82.2 Å². The third-order valence-corrected chi connectivity index (χ3v) is 11.2. The Balaban J connectivity index is 0.00000738. The van der Waals surface area contributed by atoms with Crippen LogP contribution in [0.15, 0.2) is 54.0 Å². The van der Waals surface area contributed by atoms with Crippen molar-refractivity contribution in [1.29, 1.82) is 0 Å². The molecule has 0 aromatic rings. The van der Waals surface area contributed by atoms with Gasteiger partial charge in [-0.1, -0.05) is 114 Å². The molecule has 1 fully saturated rings. The molecule has 6 nitrogen and oxygen atoms in total. The molecule has 49 heavy (non-hydrogen) atoms. The van der Waals surface area contributed by atoms with E-state index in [-0.39, 0.29) is 6.04 Å². The summed E-state index contributed by atoms with van der Waals surface area (Å²) in [5.74, 6) is 2.47. The summed E-state index contributed by atoms with van der Waals surface area (Å²) in [7, 11) is 6.18. The lowest BCUT2D eigenvalue weighted by Crippen LogP contribution is -2.50. The lowest BCUT2D eigenvalue weighted by molar-refractivity contribution is 0.129.